The Kier molecular flexibility index (Phi) is 4.85. The van der Waals surface area contributed by atoms with Gasteiger partial charge in [0.1, 0.15) is 23.8 Å². The molecule has 0 saturated carbocycles. The first-order chi connectivity index (χ1) is 11.6. The summed E-state index contributed by atoms with van der Waals surface area (Å²) in [6.07, 6.45) is 1.81. The SMILES string of the molecule is CCOC(=O)[C@@H]1CCC[NH+](Cc2cc(=O)oc3cc(O)ccc23)C1. The van der Waals surface area contributed by atoms with E-state index in [1.165, 1.54) is 17.0 Å². The van der Waals surface area contributed by atoms with E-state index in [0.717, 1.165) is 30.3 Å². The van der Waals surface area contributed by atoms with Crippen LogP contribution in [0.5, 0.6) is 5.75 Å². The van der Waals surface area contributed by atoms with Crippen LogP contribution in [0.3, 0.4) is 0 Å². The maximum Gasteiger partial charge on any atom is 0.336 e. The summed E-state index contributed by atoms with van der Waals surface area (Å²) in [7, 11) is 0. The molecule has 1 aromatic carbocycles. The van der Waals surface area contributed by atoms with Gasteiger partial charge in [0.15, 0.2) is 0 Å². The molecule has 0 bridgehead atoms. The second-order valence-corrected chi connectivity index (χ2v) is 6.24. The first-order valence-corrected chi connectivity index (χ1v) is 8.32. The Labute approximate surface area is 139 Å². The smallest absolute Gasteiger partial charge is 0.336 e. The fourth-order valence-corrected chi connectivity index (χ4v) is 3.41. The van der Waals surface area contributed by atoms with E-state index in [1.54, 1.807) is 12.1 Å². The number of phenolic OH excluding ortho intramolecular Hbond substituents is 1. The molecule has 6 heteroatoms. The lowest BCUT2D eigenvalue weighted by Gasteiger charge is -2.28. The van der Waals surface area contributed by atoms with E-state index in [0.29, 0.717) is 25.3 Å². The summed E-state index contributed by atoms with van der Waals surface area (Å²) in [4.78, 5) is 25.0. The molecule has 6 nitrogen and oxygen atoms in total. The molecule has 1 unspecified atom stereocenters. The Morgan fingerprint density at radius 1 is 1.42 bits per heavy atom. The van der Waals surface area contributed by atoms with Gasteiger partial charge in [0.25, 0.3) is 0 Å². The quantitative estimate of drug-likeness (QED) is 0.641. The lowest BCUT2D eigenvalue weighted by atomic mass is 9.97. The van der Waals surface area contributed by atoms with E-state index < -0.39 is 5.63 Å². The Morgan fingerprint density at radius 2 is 2.25 bits per heavy atom. The summed E-state index contributed by atoms with van der Waals surface area (Å²) < 4.78 is 10.3. The van der Waals surface area contributed by atoms with Crippen molar-refractivity contribution in [1.29, 1.82) is 0 Å². The molecule has 2 aromatic rings. The van der Waals surface area contributed by atoms with Gasteiger partial charge < -0.3 is 19.2 Å². The number of carbonyl (C=O) groups excluding carboxylic acids is 1. The van der Waals surface area contributed by atoms with Crippen molar-refractivity contribution < 1.29 is 24.0 Å². The number of hydrogen-bond acceptors (Lipinski definition) is 5. The Morgan fingerprint density at radius 3 is 3.04 bits per heavy atom. The van der Waals surface area contributed by atoms with Crippen molar-refractivity contribution in [3.8, 4) is 5.75 Å². The van der Waals surface area contributed by atoms with Crippen molar-refractivity contribution in [2.45, 2.75) is 26.3 Å². The molecule has 0 spiro atoms. The van der Waals surface area contributed by atoms with Crippen LogP contribution in [0.25, 0.3) is 11.0 Å². The zero-order chi connectivity index (χ0) is 17.1. The monoisotopic (exact) mass is 332 g/mol. The van der Waals surface area contributed by atoms with Crippen molar-refractivity contribution >= 4 is 16.9 Å². The summed E-state index contributed by atoms with van der Waals surface area (Å²) in [6.45, 7) is 4.52. The third-order valence-corrected chi connectivity index (χ3v) is 4.49. The number of benzene rings is 1. The average molecular weight is 332 g/mol. The second-order valence-electron chi connectivity index (χ2n) is 6.24. The maximum absolute atomic E-state index is 12.0. The van der Waals surface area contributed by atoms with Crippen molar-refractivity contribution in [2.24, 2.45) is 5.92 Å². The van der Waals surface area contributed by atoms with Gasteiger partial charge in [-0.1, -0.05) is 0 Å². The van der Waals surface area contributed by atoms with Gasteiger partial charge in [-0.25, -0.2) is 4.79 Å². The third-order valence-electron chi connectivity index (χ3n) is 4.49. The van der Waals surface area contributed by atoms with E-state index in [-0.39, 0.29) is 17.6 Å². The van der Waals surface area contributed by atoms with Crippen LogP contribution in [0.1, 0.15) is 25.3 Å². The number of aromatic hydroxyl groups is 1. The van der Waals surface area contributed by atoms with Gasteiger partial charge in [-0.05, 0) is 31.9 Å². The number of piperidine rings is 1. The molecule has 0 aliphatic carbocycles. The lowest BCUT2D eigenvalue weighted by molar-refractivity contribution is -0.921. The van der Waals surface area contributed by atoms with Crippen LogP contribution in [-0.2, 0) is 16.1 Å². The zero-order valence-electron chi connectivity index (χ0n) is 13.7. The number of esters is 1. The van der Waals surface area contributed by atoms with Crippen LogP contribution in [-0.4, -0.2) is 30.8 Å². The molecule has 2 atom stereocenters. The highest BCUT2D eigenvalue weighted by Crippen LogP contribution is 2.21. The number of phenols is 1. The summed E-state index contributed by atoms with van der Waals surface area (Å²) >= 11 is 0. The summed E-state index contributed by atoms with van der Waals surface area (Å²) in [5, 5.41) is 10.4. The molecule has 2 heterocycles. The minimum atomic E-state index is -0.429. The molecule has 1 aliphatic rings. The number of hydrogen-bond donors (Lipinski definition) is 2. The Bertz CT molecular complexity index is 798. The van der Waals surface area contributed by atoms with Gasteiger partial charge in [0, 0.05) is 23.1 Å². The number of nitrogens with one attached hydrogen (secondary N) is 1. The second kappa shape index (κ2) is 7.05. The summed E-state index contributed by atoms with van der Waals surface area (Å²) in [6, 6.07) is 6.29. The Balaban J connectivity index is 1.82. The van der Waals surface area contributed by atoms with Gasteiger partial charge in [0.05, 0.1) is 19.7 Å². The largest absolute Gasteiger partial charge is 0.508 e. The number of quaternary nitrogens is 1. The zero-order valence-corrected chi connectivity index (χ0v) is 13.7. The van der Waals surface area contributed by atoms with E-state index in [1.807, 2.05) is 6.92 Å². The van der Waals surface area contributed by atoms with E-state index in [4.69, 9.17) is 9.15 Å². The molecular weight excluding hydrogens is 310 g/mol. The van der Waals surface area contributed by atoms with Crippen LogP contribution < -0.4 is 10.5 Å². The molecule has 0 amide bonds. The molecule has 2 N–H and O–H groups in total. The highest BCUT2D eigenvalue weighted by Gasteiger charge is 2.30. The molecule has 128 valence electrons. The number of carbonyl (C=O) groups is 1. The van der Waals surface area contributed by atoms with Crippen LogP contribution in [0, 0.1) is 5.92 Å². The van der Waals surface area contributed by atoms with Crippen molar-refractivity contribution in [1.82, 2.24) is 0 Å². The first kappa shape index (κ1) is 16.5. The summed E-state index contributed by atoms with van der Waals surface area (Å²) in [5.74, 6) is -0.142. The highest BCUT2D eigenvalue weighted by atomic mass is 16.5. The summed E-state index contributed by atoms with van der Waals surface area (Å²) in [5.41, 5.74) is 0.832. The van der Waals surface area contributed by atoms with E-state index in [2.05, 4.69) is 0 Å². The maximum atomic E-state index is 12.0. The van der Waals surface area contributed by atoms with Crippen molar-refractivity contribution in [3.63, 3.8) is 0 Å². The van der Waals surface area contributed by atoms with E-state index in [9.17, 15) is 14.7 Å². The number of fused-ring (bicyclic) bond motifs is 1. The minimum Gasteiger partial charge on any atom is -0.508 e. The minimum absolute atomic E-state index is 0.0653. The first-order valence-electron chi connectivity index (χ1n) is 8.32. The molecule has 24 heavy (non-hydrogen) atoms. The van der Waals surface area contributed by atoms with Crippen molar-refractivity contribution in [2.75, 3.05) is 19.7 Å². The number of rotatable bonds is 4. The fraction of sp³-hybridized carbons (Fsp3) is 0.444. The number of ether oxygens (including phenoxy) is 1. The van der Waals surface area contributed by atoms with Gasteiger partial charge in [-0.3, -0.25) is 4.79 Å². The van der Waals surface area contributed by atoms with E-state index >= 15 is 0 Å². The predicted molar refractivity (Wildman–Crippen MR) is 87.9 cm³/mol. The standard InChI is InChI=1S/C18H21NO5/c1-2-23-18(22)12-4-3-7-19(10-12)11-13-8-17(21)24-16-9-14(20)5-6-15(13)16/h5-6,8-9,12,20H,2-4,7,10-11H2,1H3/p+1/t12-/m1/s1. The molecule has 1 fully saturated rings. The highest BCUT2D eigenvalue weighted by molar-refractivity contribution is 5.81. The van der Waals surface area contributed by atoms with Crippen molar-refractivity contribution in [3.05, 3.63) is 40.2 Å². The topological polar surface area (TPSA) is 81.2 Å². The van der Waals surface area contributed by atoms with Gasteiger partial charge >= 0.3 is 11.6 Å². The van der Waals surface area contributed by atoms with Gasteiger partial charge in [0.2, 0.25) is 0 Å². The normalized spacial score (nSPS) is 20.9. The Hall–Kier alpha value is -2.34. The fourth-order valence-electron chi connectivity index (χ4n) is 3.41. The molecule has 0 radical (unpaired) electrons. The third kappa shape index (κ3) is 3.59. The van der Waals surface area contributed by atoms with Crippen LogP contribution in [0.2, 0.25) is 0 Å². The van der Waals surface area contributed by atoms with Crippen LogP contribution in [0.15, 0.2) is 33.5 Å². The lowest BCUT2D eigenvalue weighted by Crippen LogP contribution is -3.12. The number of likely N-dealkylation sites (tertiary alicyclic amines) is 1. The van der Waals surface area contributed by atoms with Crippen LogP contribution in [0.4, 0.5) is 0 Å². The molecule has 1 saturated heterocycles. The molecule has 3 rings (SSSR count). The predicted octanol–water partition coefficient (Wildman–Crippen LogP) is 0.857. The molecule has 1 aromatic heterocycles. The molecule has 1 aliphatic heterocycles. The van der Waals surface area contributed by atoms with Gasteiger partial charge in [-0.15, -0.1) is 0 Å². The molecular formula is C18H22NO5+. The average Bonchev–Trinajstić information content (AvgIpc) is 2.54. The van der Waals surface area contributed by atoms with Crippen LogP contribution >= 0.6 is 0 Å². The van der Waals surface area contributed by atoms with Gasteiger partial charge in [-0.2, -0.15) is 0 Å².